The molecule has 738 valence electrons. The number of aryl methyl sites for hydroxylation is 1. The molecular weight excluding hydrogens is 1840 g/mol. The smallest absolute Gasteiger partial charge is 0.285 e. The first-order valence-corrected chi connectivity index (χ1v) is 57.2. The quantitative estimate of drug-likeness (QED) is 0.0676. The second kappa shape index (κ2) is 54.3. The number of fused-ring (bicyclic) bond motifs is 12. The fourth-order valence-corrected chi connectivity index (χ4v) is 28.3. The highest BCUT2D eigenvalue weighted by Crippen LogP contribution is 2.69. The third-order valence-electron chi connectivity index (χ3n) is 22.5. The summed E-state index contributed by atoms with van der Waals surface area (Å²) in [5.41, 5.74) is 9.67. The van der Waals surface area contributed by atoms with E-state index in [1.165, 1.54) is 0 Å². The molecule has 0 fully saturated rings. The largest absolute Gasteiger partial charge is 0.508 e. The molecule has 4 heterocycles. The summed E-state index contributed by atoms with van der Waals surface area (Å²) in [6, 6.07) is 113. The third-order valence-corrected chi connectivity index (χ3v) is 36.6. The number of hydrogen-bond donors (Lipinski definition) is 5. The van der Waals surface area contributed by atoms with E-state index < -0.39 is 65.1 Å². The molecule has 0 saturated heterocycles. The van der Waals surface area contributed by atoms with Gasteiger partial charge in [0.25, 0.3) is 36.8 Å². The summed E-state index contributed by atoms with van der Waals surface area (Å²) in [5, 5.41) is 54.7. The van der Waals surface area contributed by atoms with Crippen LogP contribution in [0.5, 0.6) is 57.5 Å². The van der Waals surface area contributed by atoms with Gasteiger partial charge >= 0.3 is 0 Å². The maximum absolute atomic E-state index is 14.0. The Labute approximate surface area is 834 Å². The van der Waals surface area contributed by atoms with E-state index in [0.29, 0.717) is 88.5 Å². The molecule has 5 N–H and O–H groups in total. The minimum atomic E-state index is -3.29. The van der Waals surface area contributed by atoms with Crippen LogP contribution in [0.4, 0.5) is 0 Å². The van der Waals surface area contributed by atoms with Gasteiger partial charge in [-0.15, -0.1) is 0 Å². The summed E-state index contributed by atoms with van der Waals surface area (Å²) in [7, 11) is -16.3. The molecule has 15 aromatic rings. The van der Waals surface area contributed by atoms with Crippen LogP contribution in [0.1, 0.15) is 221 Å². The van der Waals surface area contributed by atoms with Crippen LogP contribution in [0.15, 0.2) is 370 Å². The van der Waals surface area contributed by atoms with Crippen molar-refractivity contribution in [2.45, 2.75) is 194 Å². The second-order valence-corrected chi connectivity index (χ2v) is 46.0. The van der Waals surface area contributed by atoms with E-state index in [2.05, 4.69) is 27.7 Å². The van der Waals surface area contributed by atoms with Crippen LogP contribution in [0, 0.1) is 12.3 Å². The third kappa shape index (κ3) is 26.6. The van der Waals surface area contributed by atoms with Gasteiger partial charge in [0, 0.05) is 55.4 Å². The summed E-state index contributed by atoms with van der Waals surface area (Å²) >= 11 is 0. The lowest BCUT2D eigenvalue weighted by molar-refractivity contribution is 0.454. The average molecular weight is 1980 g/mol. The number of hydrogen-bond acceptors (Lipinski definition) is 15. The van der Waals surface area contributed by atoms with E-state index in [-0.39, 0.29) is 28.7 Å². The van der Waals surface area contributed by atoms with E-state index in [1.807, 2.05) is 411 Å². The Morgan fingerprint density at radius 2 is 0.464 bits per heavy atom. The Kier molecular flexibility index (Phi) is 44.4. The van der Waals surface area contributed by atoms with Crippen LogP contribution in [0.3, 0.4) is 0 Å². The van der Waals surface area contributed by atoms with Gasteiger partial charge in [0.1, 0.15) is 57.5 Å². The first-order chi connectivity index (χ1) is 67.5. The number of benzene rings is 15. The Morgan fingerprint density at radius 3 is 0.736 bits per heavy atom. The molecule has 15 aromatic carbocycles. The maximum atomic E-state index is 14.0. The minimum Gasteiger partial charge on any atom is -0.508 e. The fraction of sp³-hybridized carbons (Fsp3) is 0.250. The molecule has 140 heavy (non-hydrogen) atoms. The van der Waals surface area contributed by atoms with Crippen molar-refractivity contribution in [1.29, 1.82) is 0 Å². The van der Waals surface area contributed by atoms with Gasteiger partial charge in [-0.1, -0.05) is 398 Å². The molecule has 10 unspecified atom stereocenters. The van der Waals surface area contributed by atoms with Crippen LogP contribution in [0.2, 0.25) is 0 Å². The van der Waals surface area contributed by atoms with Crippen molar-refractivity contribution < 1.29 is 71.0 Å². The molecule has 0 saturated carbocycles. The van der Waals surface area contributed by atoms with Crippen molar-refractivity contribution in [2.24, 2.45) is 5.41 Å². The van der Waals surface area contributed by atoms with E-state index >= 15 is 0 Å². The zero-order chi connectivity index (χ0) is 103. The van der Waals surface area contributed by atoms with Crippen LogP contribution in [0.25, 0.3) is 44.5 Å². The highest BCUT2D eigenvalue weighted by molar-refractivity contribution is 7.69. The number of phenols is 5. The van der Waals surface area contributed by atoms with Gasteiger partial charge in [0.05, 0.1) is 49.5 Å². The normalized spacial score (nSPS) is 16.8. The van der Waals surface area contributed by atoms with Crippen molar-refractivity contribution in [2.75, 3.05) is 0 Å². The fourth-order valence-electron chi connectivity index (χ4n) is 15.8. The predicted octanol–water partition coefficient (Wildman–Crippen LogP) is 35.1. The van der Waals surface area contributed by atoms with Gasteiger partial charge in [0.15, 0.2) is 0 Å². The molecule has 4 aliphatic rings. The maximum Gasteiger partial charge on any atom is 0.285 e. The summed E-state index contributed by atoms with van der Waals surface area (Å²) < 4.78 is 100. The average Bonchev–Trinajstić information content (AvgIpc) is 0.746. The minimum absolute atomic E-state index is 0.123. The Hall–Kier alpha value is -12.6. The zero-order valence-corrected chi connectivity index (χ0v) is 90.1. The molecule has 0 aliphatic carbocycles. The molecule has 20 heteroatoms. The first-order valence-electron chi connectivity index (χ1n) is 48.7. The second-order valence-electron chi connectivity index (χ2n) is 32.8. The summed E-state index contributed by atoms with van der Waals surface area (Å²) in [5.74, 6) is 3.78. The summed E-state index contributed by atoms with van der Waals surface area (Å²) in [6.07, 6.45) is 0. The Balaban J connectivity index is 0.000000227. The van der Waals surface area contributed by atoms with Gasteiger partial charge in [-0.25, -0.2) is 0 Å². The number of phenolic OH excluding ortho intramolecular Hbond substituents is 5. The van der Waals surface area contributed by atoms with Crippen molar-refractivity contribution in [3.05, 3.63) is 403 Å². The van der Waals surface area contributed by atoms with E-state index in [4.69, 9.17) is 22.6 Å². The van der Waals surface area contributed by atoms with E-state index in [1.54, 1.807) is 97.1 Å². The molecule has 4 aliphatic heterocycles. The topological polar surface area (TPSA) is 233 Å². The molecule has 19 rings (SSSR count). The van der Waals surface area contributed by atoms with Crippen LogP contribution >= 0.6 is 36.8 Å². The van der Waals surface area contributed by atoms with Gasteiger partial charge in [0.2, 0.25) is 0 Å². The van der Waals surface area contributed by atoms with Gasteiger partial charge in [-0.3, -0.25) is 22.8 Å². The molecular formula is C120H143O15P5. The van der Waals surface area contributed by atoms with Crippen molar-refractivity contribution in [3.8, 4) is 102 Å². The molecule has 0 spiro atoms. The first kappa shape index (κ1) is 114. The highest BCUT2D eigenvalue weighted by Gasteiger charge is 2.47. The standard InChI is InChI=1S/C21H19O3P.3C20H17O3P.C20H19O3P.C5H12.7C2H6/c1-14-8-7-11-16(21(14)22)15(2)25(23)20-13-6-4-10-18(20)17-9-3-5-12-19(17)24-25;3*1-14(15-8-2-5-11-18(15)21)24(22)20-13-7-4-10-17(20)16-9-3-6-12-19(16)23-24;1-16(19-14-8-9-15-20(19)21)24(22,18-12-6-3-7-13-18)23-17-10-4-2-5-11-17;1-5(2,3)4;7*1-2/h3-13,15,22H,1-2H3;3*2-14,21H,1H3;2-16,21H,1H3;1-4H3;7*1-2H3. The number of aromatic hydroxyl groups is 5. The van der Waals surface area contributed by atoms with Gasteiger partial charge in [-0.2, -0.15) is 0 Å². The van der Waals surface area contributed by atoms with Gasteiger partial charge in [-0.05, 0) is 172 Å². The lowest BCUT2D eigenvalue weighted by Crippen LogP contribution is -2.21. The Bertz CT molecular complexity index is 6210. The highest BCUT2D eigenvalue weighted by atomic mass is 31.2. The lowest BCUT2D eigenvalue weighted by Gasteiger charge is -2.32. The van der Waals surface area contributed by atoms with Gasteiger partial charge < -0.3 is 48.2 Å². The zero-order valence-electron chi connectivity index (χ0n) is 85.7. The van der Waals surface area contributed by atoms with E-state index in [0.717, 1.165) is 50.1 Å². The molecule has 0 aromatic heterocycles. The van der Waals surface area contributed by atoms with Crippen molar-refractivity contribution in [3.63, 3.8) is 0 Å². The molecule has 0 amide bonds. The molecule has 15 nitrogen and oxygen atoms in total. The predicted molar refractivity (Wildman–Crippen MR) is 592 cm³/mol. The lowest BCUT2D eigenvalue weighted by atomic mass is 10.0. The van der Waals surface area contributed by atoms with E-state index in [9.17, 15) is 48.4 Å². The SMILES string of the molecule is CC.CC.CC.CC.CC.CC.CC.CC(C)(C)C.CC(c1ccccc1O)P(=O)(Oc1ccccc1)c1ccccc1.CC(c1ccccc1O)P1(=O)Oc2ccccc2-c2ccccc21.CC(c1ccccc1O)P1(=O)Oc2ccccc2-c2ccccc21.CC(c1ccccc1O)P1(=O)Oc2ccccc2-c2ccccc21.Cc1cccc(C(C)P2(=O)Oc3ccccc3-c3ccccc32)c1O. The van der Waals surface area contributed by atoms with Crippen molar-refractivity contribution >= 4 is 63.4 Å². The molecule has 10 atom stereocenters. The Morgan fingerprint density at radius 1 is 0.257 bits per heavy atom. The van der Waals surface area contributed by atoms with Crippen LogP contribution < -0.4 is 49.1 Å². The summed E-state index contributed by atoms with van der Waals surface area (Å²) in [6.45, 7) is 47.8. The van der Waals surface area contributed by atoms with Crippen LogP contribution in [-0.2, 0) is 22.8 Å². The molecule has 0 radical (unpaired) electrons. The number of para-hydroxylation sites is 10. The summed E-state index contributed by atoms with van der Waals surface area (Å²) in [4.78, 5) is 0. The van der Waals surface area contributed by atoms with Crippen LogP contribution in [-0.4, -0.2) is 25.5 Å². The van der Waals surface area contributed by atoms with Crippen molar-refractivity contribution in [1.82, 2.24) is 0 Å². The molecule has 0 bridgehead atoms. The number of rotatable bonds is 13. The monoisotopic (exact) mass is 1980 g/mol.